The number of amides is 1. The van der Waals surface area contributed by atoms with Crippen LogP contribution in [0.15, 0.2) is 43.0 Å². The fourth-order valence-corrected chi connectivity index (χ4v) is 8.06. The van der Waals surface area contributed by atoms with Gasteiger partial charge in [-0.05, 0) is 92.3 Å². The van der Waals surface area contributed by atoms with Crippen LogP contribution in [-0.2, 0) is 11.2 Å². The number of carbonyl (C=O) groups excluding carboxylic acids is 1. The fourth-order valence-electron chi connectivity index (χ4n) is 8.06. The first-order chi connectivity index (χ1) is 22.0. The number of halogens is 1. The van der Waals surface area contributed by atoms with E-state index < -0.39 is 0 Å². The molecule has 4 fully saturated rings. The second-order valence-electron chi connectivity index (χ2n) is 13.8. The van der Waals surface area contributed by atoms with E-state index >= 15 is 4.39 Å². The Hall–Kier alpha value is -4.03. The van der Waals surface area contributed by atoms with Crippen molar-refractivity contribution in [1.82, 2.24) is 19.8 Å². The van der Waals surface area contributed by atoms with Gasteiger partial charge >= 0.3 is 6.01 Å². The van der Waals surface area contributed by atoms with Crippen LogP contribution >= 0.6 is 0 Å². The number of hydrogen-bond acceptors (Lipinski definition) is 6. The monoisotopic (exact) mass is 606 g/mol. The Labute approximate surface area is 263 Å². The van der Waals surface area contributed by atoms with Gasteiger partial charge in [-0.1, -0.05) is 30.8 Å². The molecule has 3 atom stereocenters. The Bertz CT molecular complexity index is 1720. The van der Waals surface area contributed by atoms with E-state index in [-0.39, 0.29) is 41.3 Å². The summed E-state index contributed by atoms with van der Waals surface area (Å²) in [6, 6.07) is 9.95. The van der Waals surface area contributed by atoms with Crippen LogP contribution in [0, 0.1) is 23.7 Å². The quantitative estimate of drug-likeness (QED) is 0.238. The predicted molar refractivity (Wildman–Crippen MR) is 172 cm³/mol. The molecule has 1 amide bonds. The minimum atomic E-state index is -0.355. The zero-order valence-corrected chi connectivity index (χ0v) is 25.7. The third-order valence-electron chi connectivity index (χ3n) is 10.8. The van der Waals surface area contributed by atoms with E-state index in [1.807, 2.05) is 18.2 Å². The number of hydrogen-bond donors (Lipinski definition) is 0. The first kappa shape index (κ1) is 28.4. The number of nitrogens with zero attached hydrogens (tertiary/aromatic N) is 6. The van der Waals surface area contributed by atoms with Crippen molar-refractivity contribution in [1.29, 1.82) is 0 Å². The zero-order valence-electron chi connectivity index (χ0n) is 25.7. The highest BCUT2D eigenvalue weighted by atomic mass is 19.1. The number of benzene rings is 2. The van der Waals surface area contributed by atoms with E-state index in [2.05, 4.69) is 33.4 Å². The van der Waals surface area contributed by atoms with Crippen molar-refractivity contribution in [3.63, 3.8) is 0 Å². The lowest BCUT2D eigenvalue weighted by Gasteiger charge is -2.39. The summed E-state index contributed by atoms with van der Waals surface area (Å²) < 4.78 is 23.1. The average molecular weight is 607 g/mol. The molecular weight excluding hydrogens is 567 g/mol. The molecule has 2 saturated carbocycles. The van der Waals surface area contributed by atoms with Gasteiger partial charge in [0.1, 0.15) is 17.4 Å². The van der Waals surface area contributed by atoms with Gasteiger partial charge in [0.2, 0.25) is 12.5 Å². The molecule has 0 unspecified atom stereocenters. The third-order valence-corrected chi connectivity index (χ3v) is 10.8. The molecule has 8 rings (SSSR count). The number of fused-ring (bicyclic) bond motifs is 4. The number of likely N-dealkylation sites (tertiary alicyclic amines) is 1. The van der Waals surface area contributed by atoms with Gasteiger partial charge in [-0.15, -0.1) is 0 Å². The van der Waals surface area contributed by atoms with Gasteiger partial charge in [-0.3, -0.25) is 4.79 Å². The first-order valence-electron chi connectivity index (χ1n) is 16.5. The highest BCUT2D eigenvalue weighted by molar-refractivity contribution is 5.94. The molecule has 2 saturated heterocycles. The van der Waals surface area contributed by atoms with E-state index in [1.165, 1.54) is 36.5 Å². The van der Waals surface area contributed by atoms with Crippen molar-refractivity contribution >= 4 is 22.6 Å². The Balaban J connectivity index is 1.17. The van der Waals surface area contributed by atoms with Crippen molar-refractivity contribution in [3.05, 3.63) is 71.3 Å². The van der Waals surface area contributed by atoms with Gasteiger partial charge in [-0.25, -0.2) is 11.0 Å². The summed E-state index contributed by atoms with van der Waals surface area (Å²) in [4.78, 5) is 32.1. The van der Waals surface area contributed by atoms with Crippen LogP contribution in [0.5, 0.6) is 6.01 Å². The van der Waals surface area contributed by atoms with Crippen molar-refractivity contribution in [2.45, 2.75) is 50.5 Å². The number of carbonyl (C=O) groups is 1. The minimum Gasteiger partial charge on any atom is -0.463 e. The highest BCUT2D eigenvalue weighted by Gasteiger charge is 2.46. The molecule has 3 aromatic rings. The lowest BCUT2D eigenvalue weighted by Crippen LogP contribution is -2.56. The van der Waals surface area contributed by atoms with Crippen molar-refractivity contribution in [2.24, 2.45) is 11.3 Å². The predicted octanol–water partition coefficient (Wildman–Crippen LogP) is 5.47. The number of aromatic nitrogens is 2. The maximum Gasteiger partial charge on any atom is 0.319 e. The summed E-state index contributed by atoms with van der Waals surface area (Å²) in [7, 11) is 0. The van der Waals surface area contributed by atoms with Gasteiger partial charge in [0.15, 0.2) is 5.82 Å². The summed E-state index contributed by atoms with van der Waals surface area (Å²) in [5.41, 5.74) is 4.52. The van der Waals surface area contributed by atoms with E-state index in [4.69, 9.17) is 21.3 Å². The Morgan fingerprint density at radius 2 is 1.98 bits per heavy atom. The normalized spacial score (nSPS) is 24.7. The highest BCUT2D eigenvalue weighted by Crippen LogP contribution is 2.58. The van der Waals surface area contributed by atoms with Gasteiger partial charge in [0, 0.05) is 42.5 Å². The SMILES string of the molecule is [C-]#[N+]C[C@H]1CN(c2nc(OCC3(CN4CCCC4)CC3)nc3c(F)c(-c4cccc5c4C[C@H]4C[C@@H]54)ccc23)CCN1C(=O)C=C. The second-order valence-corrected chi connectivity index (χ2v) is 13.8. The lowest BCUT2D eigenvalue weighted by atomic mass is 9.93. The molecule has 232 valence electrons. The minimum absolute atomic E-state index is 0.103. The fraction of sp³-hybridized carbons (Fsp3) is 0.500. The number of ether oxygens (including phenoxy) is 1. The molecule has 5 aliphatic rings. The van der Waals surface area contributed by atoms with Crippen LogP contribution in [0.4, 0.5) is 10.2 Å². The maximum atomic E-state index is 16.8. The molecule has 3 aliphatic carbocycles. The van der Waals surface area contributed by atoms with Gasteiger partial charge in [-0.2, -0.15) is 9.97 Å². The standard InChI is InChI=1S/C36H39FN6O2/c1-3-31(44)43-16-15-42(20-24(43)19-38-2)34-28-10-9-27(25-7-6-8-26-29-17-23(29)18-30(25)26)32(37)33(28)39-35(40-34)45-22-36(11-12-36)21-41-13-4-5-14-41/h3,6-10,23-24,29H,1,4-5,11-22H2/t23-,24+,29-/m1/s1. The summed E-state index contributed by atoms with van der Waals surface area (Å²) in [6.45, 7) is 16.5. The number of piperazine rings is 1. The molecule has 9 heteroatoms. The second kappa shape index (κ2) is 11.1. The smallest absolute Gasteiger partial charge is 0.319 e. The van der Waals surface area contributed by atoms with Crippen LogP contribution in [-0.4, -0.2) is 84.1 Å². The molecule has 8 nitrogen and oxygen atoms in total. The Morgan fingerprint density at radius 1 is 1.13 bits per heavy atom. The molecular formula is C36H39FN6O2. The van der Waals surface area contributed by atoms with Crippen LogP contribution in [0.25, 0.3) is 26.9 Å². The van der Waals surface area contributed by atoms with Crippen molar-refractivity contribution < 1.29 is 13.9 Å². The summed E-state index contributed by atoms with van der Waals surface area (Å²) in [5.74, 6) is 1.37. The van der Waals surface area contributed by atoms with Crippen LogP contribution in [0.2, 0.25) is 0 Å². The largest absolute Gasteiger partial charge is 0.463 e. The van der Waals surface area contributed by atoms with E-state index in [1.54, 1.807) is 4.90 Å². The maximum absolute atomic E-state index is 16.8. The van der Waals surface area contributed by atoms with Crippen LogP contribution in [0.3, 0.4) is 0 Å². The topological polar surface area (TPSA) is 66.2 Å². The lowest BCUT2D eigenvalue weighted by molar-refractivity contribution is -0.128. The average Bonchev–Trinajstić information content (AvgIpc) is 3.91. The molecule has 45 heavy (non-hydrogen) atoms. The molecule has 0 spiro atoms. The number of anilines is 1. The van der Waals surface area contributed by atoms with Gasteiger partial charge < -0.3 is 24.3 Å². The molecule has 0 radical (unpaired) electrons. The van der Waals surface area contributed by atoms with E-state index in [9.17, 15) is 4.79 Å². The molecule has 1 aromatic heterocycles. The van der Waals surface area contributed by atoms with E-state index in [0.717, 1.165) is 44.5 Å². The van der Waals surface area contributed by atoms with E-state index in [0.29, 0.717) is 54.8 Å². The molecule has 0 bridgehead atoms. The van der Waals surface area contributed by atoms with Gasteiger partial charge in [0.05, 0.1) is 6.61 Å². The Kier molecular flexibility index (Phi) is 7.01. The number of rotatable bonds is 9. The van der Waals surface area contributed by atoms with Crippen LogP contribution in [0.1, 0.15) is 49.1 Å². The summed E-state index contributed by atoms with van der Waals surface area (Å²) >= 11 is 0. The Morgan fingerprint density at radius 3 is 2.76 bits per heavy atom. The molecule has 0 N–H and O–H groups in total. The first-order valence-corrected chi connectivity index (χ1v) is 16.5. The van der Waals surface area contributed by atoms with Crippen molar-refractivity contribution in [2.75, 3.05) is 57.3 Å². The molecule has 2 aromatic carbocycles. The van der Waals surface area contributed by atoms with Gasteiger partial charge in [0.25, 0.3) is 0 Å². The zero-order chi connectivity index (χ0) is 30.7. The third kappa shape index (κ3) is 5.13. The van der Waals surface area contributed by atoms with Crippen molar-refractivity contribution in [3.8, 4) is 17.1 Å². The molecule has 2 aliphatic heterocycles. The van der Waals surface area contributed by atoms with Crippen LogP contribution < -0.4 is 9.64 Å². The summed E-state index contributed by atoms with van der Waals surface area (Å²) in [5, 5.41) is 0.613. The molecule has 3 heterocycles. The summed E-state index contributed by atoms with van der Waals surface area (Å²) in [6.07, 6.45) is 8.28.